The second-order valence-electron chi connectivity index (χ2n) is 4.18. The summed E-state index contributed by atoms with van der Waals surface area (Å²) >= 11 is 0. The van der Waals surface area contributed by atoms with Crippen molar-refractivity contribution in [2.45, 2.75) is 0 Å². The molecule has 5 heteroatoms. The van der Waals surface area contributed by atoms with Crippen LogP contribution >= 0.6 is 0 Å². The highest BCUT2D eigenvalue weighted by Gasteiger charge is 1.98. The Labute approximate surface area is 123 Å². The number of anilines is 1. The molecular formula is C16H17N3O2. The Kier molecular flexibility index (Phi) is 4.93. The first-order chi connectivity index (χ1) is 10.2. The molecule has 2 aromatic rings. The highest BCUT2D eigenvalue weighted by Crippen LogP contribution is 2.13. The fourth-order valence-electron chi connectivity index (χ4n) is 1.69. The monoisotopic (exact) mass is 283 g/mol. The van der Waals surface area contributed by atoms with Crippen LogP contribution in [0.1, 0.15) is 11.3 Å². The van der Waals surface area contributed by atoms with Crippen molar-refractivity contribution in [3.8, 4) is 11.6 Å². The first-order valence-corrected chi connectivity index (χ1v) is 6.38. The Bertz CT molecular complexity index is 649. The number of nitrogens with two attached hydrogens (primary N) is 1. The fourth-order valence-corrected chi connectivity index (χ4v) is 1.69. The summed E-state index contributed by atoms with van der Waals surface area (Å²) in [5.41, 5.74) is 7.37. The van der Waals surface area contributed by atoms with E-state index in [2.05, 4.69) is 9.97 Å². The second kappa shape index (κ2) is 7.09. The van der Waals surface area contributed by atoms with Gasteiger partial charge in [-0.1, -0.05) is 30.4 Å². The molecule has 0 aliphatic rings. The second-order valence-corrected chi connectivity index (χ2v) is 4.18. The van der Waals surface area contributed by atoms with Crippen molar-refractivity contribution in [3.05, 3.63) is 53.7 Å². The minimum Gasteiger partial charge on any atom is -0.497 e. The number of methoxy groups -OCH3 is 2. The Hall–Kier alpha value is -2.82. The van der Waals surface area contributed by atoms with Crippen LogP contribution in [-0.4, -0.2) is 24.2 Å². The topological polar surface area (TPSA) is 70.3 Å². The number of aromatic nitrogens is 2. The molecule has 108 valence electrons. The van der Waals surface area contributed by atoms with E-state index in [1.54, 1.807) is 20.3 Å². The number of nitrogens with zero attached hydrogens (tertiary/aromatic N) is 2. The third-order valence-corrected chi connectivity index (χ3v) is 2.73. The Balaban J connectivity index is 2.04. The molecule has 0 aliphatic heterocycles. The summed E-state index contributed by atoms with van der Waals surface area (Å²) in [7, 11) is 3.19. The molecule has 0 spiro atoms. The van der Waals surface area contributed by atoms with Crippen molar-refractivity contribution in [2.24, 2.45) is 0 Å². The van der Waals surface area contributed by atoms with Gasteiger partial charge >= 0.3 is 0 Å². The lowest BCUT2D eigenvalue weighted by molar-refractivity contribution is 0.397. The maximum Gasteiger partial charge on any atom is 0.223 e. The van der Waals surface area contributed by atoms with Crippen molar-refractivity contribution in [3.63, 3.8) is 0 Å². The molecule has 0 bridgehead atoms. The molecule has 2 N–H and O–H groups in total. The van der Waals surface area contributed by atoms with Gasteiger partial charge in [-0.2, -0.15) is 4.98 Å². The quantitative estimate of drug-likeness (QED) is 0.854. The van der Waals surface area contributed by atoms with Gasteiger partial charge in [0.1, 0.15) is 5.75 Å². The van der Waals surface area contributed by atoms with Gasteiger partial charge in [0.15, 0.2) is 0 Å². The first kappa shape index (κ1) is 14.6. The van der Waals surface area contributed by atoms with Gasteiger partial charge in [0.05, 0.1) is 19.9 Å². The molecule has 0 aliphatic carbocycles. The summed E-state index contributed by atoms with van der Waals surface area (Å²) in [4.78, 5) is 8.02. The van der Waals surface area contributed by atoms with E-state index in [1.165, 1.54) is 0 Å². The molecule has 1 heterocycles. The molecule has 0 atom stereocenters. The van der Waals surface area contributed by atoms with Crippen LogP contribution in [0.5, 0.6) is 11.6 Å². The van der Waals surface area contributed by atoms with E-state index in [0.29, 0.717) is 11.6 Å². The van der Waals surface area contributed by atoms with Crippen molar-refractivity contribution in [1.82, 2.24) is 9.97 Å². The van der Waals surface area contributed by atoms with Gasteiger partial charge in [0, 0.05) is 6.07 Å². The number of allylic oxidation sites excluding steroid dienone is 2. The zero-order valence-corrected chi connectivity index (χ0v) is 12.0. The summed E-state index contributed by atoms with van der Waals surface area (Å²) in [6, 6.07) is 9.51. The van der Waals surface area contributed by atoms with Crippen molar-refractivity contribution in [2.75, 3.05) is 20.0 Å². The van der Waals surface area contributed by atoms with Gasteiger partial charge in [0.2, 0.25) is 11.8 Å². The van der Waals surface area contributed by atoms with Gasteiger partial charge in [-0.25, -0.2) is 4.98 Å². The minimum absolute atomic E-state index is 0.188. The van der Waals surface area contributed by atoms with Crippen LogP contribution in [0.25, 0.3) is 12.2 Å². The highest BCUT2D eigenvalue weighted by atomic mass is 16.5. The molecule has 0 saturated carbocycles. The largest absolute Gasteiger partial charge is 0.497 e. The Morgan fingerprint density at radius 3 is 2.33 bits per heavy atom. The Morgan fingerprint density at radius 1 is 0.952 bits per heavy atom. The lowest BCUT2D eigenvalue weighted by atomic mass is 10.2. The number of benzene rings is 1. The highest BCUT2D eigenvalue weighted by molar-refractivity contribution is 5.57. The standard InChI is InChI=1S/C16H17N3O2/c1-20-14-9-7-12(8-10-14)5-3-4-6-13-11-15(21-2)19-16(17)18-13/h3-11H,1-2H3,(H2,17,18,19)/b5-3+,6-4+. The maximum atomic E-state index is 5.59. The number of nitrogen functional groups attached to an aromatic ring is 1. The summed E-state index contributed by atoms with van der Waals surface area (Å²) in [6.07, 6.45) is 7.62. The van der Waals surface area contributed by atoms with E-state index in [9.17, 15) is 0 Å². The van der Waals surface area contributed by atoms with Crippen LogP contribution in [0.15, 0.2) is 42.5 Å². The number of ether oxygens (including phenoxy) is 2. The van der Waals surface area contributed by atoms with Gasteiger partial charge in [-0.05, 0) is 23.8 Å². The van der Waals surface area contributed by atoms with Crippen LogP contribution in [0, 0.1) is 0 Å². The normalized spacial score (nSPS) is 11.1. The van der Waals surface area contributed by atoms with E-state index < -0.39 is 0 Å². The van der Waals surface area contributed by atoms with Crippen LogP contribution < -0.4 is 15.2 Å². The first-order valence-electron chi connectivity index (χ1n) is 6.38. The van der Waals surface area contributed by atoms with Crippen molar-refractivity contribution in [1.29, 1.82) is 0 Å². The van der Waals surface area contributed by atoms with Crippen LogP contribution in [0.3, 0.4) is 0 Å². The number of hydrogen-bond acceptors (Lipinski definition) is 5. The zero-order chi connectivity index (χ0) is 15.1. The summed E-state index contributed by atoms with van der Waals surface area (Å²) in [5, 5.41) is 0. The van der Waals surface area contributed by atoms with Crippen molar-refractivity contribution >= 4 is 18.1 Å². The number of rotatable bonds is 5. The summed E-state index contributed by atoms with van der Waals surface area (Å²) in [5.74, 6) is 1.47. The number of hydrogen-bond donors (Lipinski definition) is 1. The van der Waals surface area contributed by atoms with Crippen LogP contribution in [-0.2, 0) is 0 Å². The molecule has 0 saturated heterocycles. The van der Waals surface area contributed by atoms with E-state index in [4.69, 9.17) is 15.2 Å². The minimum atomic E-state index is 0.188. The lowest BCUT2D eigenvalue weighted by Gasteiger charge is -2.00. The Morgan fingerprint density at radius 2 is 1.67 bits per heavy atom. The van der Waals surface area contributed by atoms with E-state index in [1.807, 2.05) is 48.6 Å². The van der Waals surface area contributed by atoms with Crippen LogP contribution in [0.4, 0.5) is 5.95 Å². The van der Waals surface area contributed by atoms with Gasteiger partial charge < -0.3 is 15.2 Å². The summed E-state index contributed by atoms with van der Waals surface area (Å²) < 4.78 is 10.1. The van der Waals surface area contributed by atoms with E-state index >= 15 is 0 Å². The van der Waals surface area contributed by atoms with E-state index in [0.717, 1.165) is 11.3 Å². The molecule has 0 amide bonds. The SMILES string of the molecule is COc1ccc(/C=C/C=C/c2cc(OC)nc(N)n2)cc1. The molecule has 2 rings (SSSR count). The third kappa shape index (κ3) is 4.35. The maximum absolute atomic E-state index is 5.59. The fraction of sp³-hybridized carbons (Fsp3) is 0.125. The molecule has 0 unspecified atom stereocenters. The molecule has 0 radical (unpaired) electrons. The molecule has 0 fully saturated rings. The van der Waals surface area contributed by atoms with E-state index in [-0.39, 0.29) is 5.95 Å². The molecular weight excluding hydrogens is 266 g/mol. The zero-order valence-electron chi connectivity index (χ0n) is 12.0. The van der Waals surface area contributed by atoms with Crippen LogP contribution in [0.2, 0.25) is 0 Å². The smallest absolute Gasteiger partial charge is 0.223 e. The lowest BCUT2D eigenvalue weighted by Crippen LogP contribution is -1.98. The van der Waals surface area contributed by atoms with Crippen molar-refractivity contribution < 1.29 is 9.47 Å². The van der Waals surface area contributed by atoms with Gasteiger partial charge in [0.25, 0.3) is 0 Å². The van der Waals surface area contributed by atoms with Gasteiger partial charge in [-0.3, -0.25) is 0 Å². The third-order valence-electron chi connectivity index (χ3n) is 2.73. The molecule has 5 nitrogen and oxygen atoms in total. The average molecular weight is 283 g/mol. The molecule has 1 aromatic heterocycles. The molecule has 21 heavy (non-hydrogen) atoms. The predicted octanol–water partition coefficient (Wildman–Crippen LogP) is 2.80. The average Bonchev–Trinajstić information content (AvgIpc) is 2.51. The predicted molar refractivity (Wildman–Crippen MR) is 84.1 cm³/mol. The molecule has 1 aromatic carbocycles. The summed E-state index contributed by atoms with van der Waals surface area (Å²) in [6.45, 7) is 0. The van der Waals surface area contributed by atoms with Gasteiger partial charge in [-0.15, -0.1) is 0 Å².